The van der Waals surface area contributed by atoms with Gasteiger partial charge in [0.15, 0.2) is 0 Å². The number of hydrogen-bond acceptors (Lipinski definition) is 2. The third kappa shape index (κ3) is 3.18. The lowest BCUT2D eigenvalue weighted by molar-refractivity contribution is -0.140. The Bertz CT molecular complexity index is 504. The second-order valence-corrected chi connectivity index (χ2v) is 5.57. The van der Waals surface area contributed by atoms with Crippen molar-refractivity contribution in [3.63, 3.8) is 0 Å². The Labute approximate surface area is 119 Å². The lowest BCUT2D eigenvalue weighted by Crippen LogP contribution is -2.39. The number of benzene rings is 1. The van der Waals surface area contributed by atoms with Crippen LogP contribution in [0.15, 0.2) is 24.3 Å². The Hall–Kier alpha value is -1.84. The molecule has 0 radical (unpaired) electrons. The zero-order valence-corrected chi connectivity index (χ0v) is 12.0. The van der Waals surface area contributed by atoms with Gasteiger partial charge in [-0.2, -0.15) is 0 Å². The summed E-state index contributed by atoms with van der Waals surface area (Å²) >= 11 is 0. The minimum atomic E-state index is -0.767. The summed E-state index contributed by atoms with van der Waals surface area (Å²) in [7, 11) is 0. The van der Waals surface area contributed by atoms with Crippen LogP contribution in [-0.2, 0) is 9.59 Å². The van der Waals surface area contributed by atoms with E-state index in [1.807, 2.05) is 31.2 Å². The summed E-state index contributed by atoms with van der Waals surface area (Å²) in [4.78, 5) is 24.8. The highest BCUT2D eigenvalue weighted by atomic mass is 16.4. The van der Waals surface area contributed by atoms with E-state index in [2.05, 4.69) is 0 Å². The highest BCUT2D eigenvalue weighted by Gasteiger charge is 2.33. The van der Waals surface area contributed by atoms with E-state index in [-0.39, 0.29) is 11.8 Å². The molecule has 4 nitrogen and oxygen atoms in total. The lowest BCUT2D eigenvalue weighted by Gasteiger charge is -2.34. The van der Waals surface area contributed by atoms with Crippen LogP contribution >= 0.6 is 0 Å². The molecule has 1 aromatic rings. The second-order valence-electron chi connectivity index (χ2n) is 5.57. The zero-order valence-electron chi connectivity index (χ0n) is 12.0. The van der Waals surface area contributed by atoms with Crippen molar-refractivity contribution >= 4 is 11.9 Å². The largest absolute Gasteiger partial charge is 0.481 e. The SMILES string of the molecule is CC(=O)N1CCC(C(C(=O)O)c2cccc(C)c2)CC1. The Morgan fingerprint density at radius 3 is 2.45 bits per heavy atom. The van der Waals surface area contributed by atoms with Crippen molar-refractivity contribution in [3.8, 4) is 0 Å². The summed E-state index contributed by atoms with van der Waals surface area (Å²) < 4.78 is 0. The first-order valence-electron chi connectivity index (χ1n) is 7.04. The van der Waals surface area contributed by atoms with E-state index < -0.39 is 11.9 Å². The topological polar surface area (TPSA) is 57.6 Å². The molecule has 1 aliphatic heterocycles. The van der Waals surface area contributed by atoms with Crippen LogP contribution in [0, 0.1) is 12.8 Å². The molecule has 0 saturated carbocycles. The molecule has 20 heavy (non-hydrogen) atoms. The van der Waals surface area contributed by atoms with Crippen molar-refractivity contribution in [1.82, 2.24) is 4.90 Å². The van der Waals surface area contributed by atoms with E-state index in [9.17, 15) is 14.7 Å². The molecule has 1 unspecified atom stereocenters. The quantitative estimate of drug-likeness (QED) is 0.921. The number of aryl methyl sites for hydroxylation is 1. The Kier molecular flexibility index (Phi) is 4.42. The number of carbonyl (C=O) groups is 2. The molecular formula is C16H21NO3. The first kappa shape index (κ1) is 14.6. The van der Waals surface area contributed by atoms with Crippen LogP contribution in [0.4, 0.5) is 0 Å². The molecule has 1 fully saturated rings. The predicted octanol–water partition coefficient (Wildman–Crippen LogP) is 2.42. The van der Waals surface area contributed by atoms with Gasteiger partial charge < -0.3 is 10.0 Å². The van der Waals surface area contributed by atoms with Gasteiger partial charge in [0, 0.05) is 20.0 Å². The average molecular weight is 275 g/mol. The van der Waals surface area contributed by atoms with E-state index >= 15 is 0 Å². The third-order valence-corrected chi connectivity index (χ3v) is 4.12. The third-order valence-electron chi connectivity index (χ3n) is 4.12. The molecule has 0 aromatic heterocycles. The molecule has 0 bridgehead atoms. The Morgan fingerprint density at radius 2 is 1.95 bits per heavy atom. The van der Waals surface area contributed by atoms with Crippen molar-refractivity contribution in [2.75, 3.05) is 13.1 Å². The van der Waals surface area contributed by atoms with Gasteiger partial charge in [0.05, 0.1) is 5.92 Å². The first-order chi connectivity index (χ1) is 9.49. The van der Waals surface area contributed by atoms with E-state index in [1.165, 1.54) is 0 Å². The first-order valence-corrected chi connectivity index (χ1v) is 7.04. The number of amides is 1. The predicted molar refractivity (Wildman–Crippen MR) is 76.5 cm³/mol. The maximum atomic E-state index is 11.6. The van der Waals surface area contributed by atoms with Crippen LogP contribution in [0.2, 0.25) is 0 Å². The summed E-state index contributed by atoms with van der Waals surface area (Å²) in [5, 5.41) is 9.56. The van der Waals surface area contributed by atoms with Crippen molar-refractivity contribution in [3.05, 3.63) is 35.4 Å². The molecular weight excluding hydrogens is 254 g/mol. The number of aliphatic carboxylic acids is 1. The summed E-state index contributed by atoms with van der Waals surface area (Å²) in [5.41, 5.74) is 1.95. The number of carboxylic acid groups (broad SMARTS) is 1. The van der Waals surface area contributed by atoms with Gasteiger partial charge in [-0.15, -0.1) is 0 Å². The van der Waals surface area contributed by atoms with E-state index in [1.54, 1.807) is 11.8 Å². The van der Waals surface area contributed by atoms with Gasteiger partial charge in [-0.05, 0) is 31.2 Å². The maximum Gasteiger partial charge on any atom is 0.311 e. The van der Waals surface area contributed by atoms with Crippen molar-refractivity contribution in [2.45, 2.75) is 32.6 Å². The van der Waals surface area contributed by atoms with Crippen LogP contribution < -0.4 is 0 Å². The van der Waals surface area contributed by atoms with Gasteiger partial charge in [0.1, 0.15) is 0 Å². The van der Waals surface area contributed by atoms with Crippen LogP contribution in [0.1, 0.15) is 36.8 Å². The van der Waals surface area contributed by atoms with Crippen LogP contribution in [0.5, 0.6) is 0 Å². The molecule has 0 aliphatic carbocycles. The summed E-state index contributed by atoms with van der Waals surface area (Å²) in [6.07, 6.45) is 1.51. The average Bonchev–Trinajstić information content (AvgIpc) is 2.39. The highest BCUT2D eigenvalue weighted by Crippen LogP contribution is 2.33. The number of carbonyl (C=O) groups excluding carboxylic acids is 1. The maximum absolute atomic E-state index is 11.6. The van der Waals surface area contributed by atoms with Gasteiger partial charge in [0.2, 0.25) is 5.91 Å². The highest BCUT2D eigenvalue weighted by molar-refractivity contribution is 5.77. The number of piperidine rings is 1. The molecule has 1 atom stereocenters. The lowest BCUT2D eigenvalue weighted by atomic mass is 9.79. The molecule has 1 N–H and O–H groups in total. The standard InChI is InChI=1S/C16H21NO3/c1-11-4-3-5-14(10-11)15(16(19)20)13-6-8-17(9-7-13)12(2)18/h3-5,10,13,15H,6-9H2,1-2H3,(H,19,20). The molecule has 1 heterocycles. The summed E-state index contributed by atoms with van der Waals surface area (Å²) in [6.45, 7) is 4.86. The van der Waals surface area contributed by atoms with Crippen molar-refractivity contribution in [2.24, 2.45) is 5.92 Å². The van der Waals surface area contributed by atoms with E-state index in [0.29, 0.717) is 13.1 Å². The van der Waals surface area contributed by atoms with Crippen LogP contribution in [-0.4, -0.2) is 35.0 Å². The summed E-state index contributed by atoms with van der Waals surface area (Å²) in [5.74, 6) is -1.06. The van der Waals surface area contributed by atoms with E-state index in [4.69, 9.17) is 0 Å². The molecule has 108 valence electrons. The smallest absolute Gasteiger partial charge is 0.311 e. The Balaban J connectivity index is 2.15. The molecule has 4 heteroatoms. The van der Waals surface area contributed by atoms with Crippen molar-refractivity contribution in [1.29, 1.82) is 0 Å². The van der Waals surface area contributed by atoms with E-state index in [0.717, 1.165) is 24.0 Å². The molecule has 1 aliphatic rings. The normalized spacial score (nSPS) is 17.8. The molecule has 1 aromatic carbocycles. The summed E-state index contributed by atoms with van der Waals surface area (Å²) in [6, 6.07) is 7.73. The molecule has 0 spiro atoms. The molecule has 2 rings (SSSR count). The fraction of sp³-hybridized carbons (Fsp3) is 0.500. The van der Waals surface area contributed by atoms with Crippen LogP contribution in [0.3, 0.4) is 0 Å². The number of carboxylic acids is 1. The molecule has 1 amide bonds. The second kappa shape index (κ2) is 6.07. The number of nitrogens with zero attached hydrogens (tertiary/aromatic N) is 1. The zero-order chi connectivity index (χ0) is 14.7. The van der Waals surface area contributed by atoms with Gasteiger partial charge in [-0.25, -0.2) is 0 Å². The van der Waals surface area contributed by atoms with Gasteiger partial charge >= 0.3 is 5.97 Å². The van der Waals surface area contributed by atoms with Crippen LogP contribution in [0.25, 0.3) is 0 Å². The Morgan fingerprint density at radius 1 is 1.30 bits per heavy atom. The minimum absolute atomic E-state index is 0.0749. The minimum Gasteiger partial charge on any atom is -0.481 e. The fourth-order valence-electron chi connectivity index (χ4n) is 3.03. The number of likely N-dealkylation sites (tertiary alicyclic amines) is 1. The number of hydrogen-bond donors (Lipinski definition) is 1. The van der Waals surface area contributed by atoms with Gasteiger partial charge in [-0.1, -0.05) is 29.8 Å². The monoisotopic (exact) mass is 275 g/mol. The van der Waals surface area contributed by atoms with Crippen molar-refractivity contribution < 1.29 is 14.7 Å². The number of rotatable bonds is 3. The molecule has 1 saturated heterocycles. The van der Waals surface area contributed by atoms with Gasteiger partial charge in [-0.3, -0.25) is 9.59 Å². The van der Waals surface area contributed by atoms with Gasteiger partial charge in [0.25, 0.3) is 0 Å². The fourth-order valence-corrected chi connectivity index (χ4v) is 3.03.